The Morgan fingerprint density at radius 3 is 2.27 bits per heavy atom. The molecule has 4 atom stereocenters. The maximum Gasteiger partial charge on any atom is 0.332 e. The maximum atomic E-state index is 12.8. The van der Waals surface area contributed by atoms with Crippen molar-refractivity contribution in [1.29, 1.82) is 0 Å². The molecule has 0 saturated heterocycles. The first-order chi connectivity index (χ1) is 12.5. The van der Waals surface area contributed by atoms with Gasteiger partial charge in [0.25, 0.3) is 5.56 Å². The Balaban J connectivity index is 1.77. The van der Waals surface area contributed by atoms with Gasteiger partial charge in [0.15, 0.2) is 5.65 Å². The number of aliphatic hydroxyl groups is 1. The van der Waals surface area contributed by atoms with E-state index in [2.05, 4.69) is 4.98 Å². The first kappa shape index (κ1) is 17.5. The topological polar surface area (TPSA) is 92.9 Å². The quantitative estimate of drug-likeness (QED) is 0.852. The molecule has 0 spiro atoms. The summed E-state index contributed by atoms with van der Waals surface area (Å²) in [5.41, 5.74) is 0.446. The zero-order chi connectivity index (χ0) is 18.4. The third-order valence-electron chi connectivity index (χ3n) is 6.15. The normalized spacial score (nSPS) is 28.1. The highest BCUT2D eigenvalue weighted by Gasteiger charge is 2.42. The molecule has 0 amide bonds. The second-order valence-corrected chi connectivity index (χ2v) is 8.03. The first-order valence-electron chi connectivity index (χ1n) is 9.94. The Hall–Kier alpha value is -1.89. The van der Waals surface area contributed by atoms with E-state index in [4.69, 9.17) is 4.98 Å². The second kappa shape index (κ2) is 6.68. The number of H-pyrrole nitrogens is 1. The minimum absolute atomic E-state index is 0.155. The van der Waals surface area contributed by atoms with Crippen LogP contribution in [0.3, 0.4) is 0 Å². The molecule has 2 aromatic heterocycles. The van der Waals surface area contributed by atoms with Crippen LogP contribution < -0.4 is 11.2 Å². The number of imidazole rings is 1. The molecule has 2 aromatic rings. The SMILES string of the molecule is CCCn1c(=O)c2[nH]c(C3C[C@H]4CC(O)C[C@H]4C3)nc2n(CCC)c1=O. The largest absolute Gasteiger partial charge is 0.393 e. The van der Waals surface area contributed by atoms with E-state index in [1.165, 1.54) is 4.57 Å². The lowest BCUT2D eigenvalue weighted by Gasteiger charge is -2.09. The van der Waals surface area contributed by atoms with E-state index in [1.807, 2.05) is 13.8 Å². The molecule has 0 bridgehead atoms. The van der Waals surface area contributed by atoms with Crippen molar-refractivity contribution in [3.63, 3.8) is 0 Å². The summed E-state index contributed by atoms with van der Waals surface area (Å²) in [7, 11) is 0. The van der Waals surface area contributed by atoms with Crippen LogP contribution in [0.25, 0.3) is 11.2 Å². The summed E-state index contributed by atoms with van der Waals surface area (Å²) in [6.45, 7) is 4.97. The summed E-state index contributed by atoms with van der Waals surface area (Å²) in [5.74, 6) is 2.23. The number of aliphatic hydroxyl groups excluding tert-OH is 1. The van der Waals surface area contributed by atoms with Crippen LogP contribution in [0.1, 0.15) is 64.1 Å². The van der Waals surface area contributed by atoms with Gasteiger partial charge >= 0.3 is 5.69 Å². The molecule has 2 heterocycles. The zero-order valence-corrected chi connectivity index (χ0v) is 15.6. The Kier molecular flexibility index (Phi) is 4.50. The van der Waals surface area contributed by atoms with E-state index in [0.29, 0.717) is 36.1 Å². The maximum absolute atomic E-state index is 12.8. The number of hydrogen-bond donors (Lipinski definition) is 2. The average molecular weight is 360 g/mol. The molecule has 7 heteroatoms. The Labute approximate surface area is 152 Å². The van der Waals surface area contributed by atoms with Gasteiger partial charge in [-0.05, 0) is 50.4 Å². The zero-order valence-electron chi connectivity index (χ0n) is 15.6. The van der Waals surface area contributed by atoms with Gasteiger partial charge in [-0.15, -0.1) is 0 Å². The highest BCUT2D eigenvalue weighted by atomic mass is 16.3. The van der Waals surface area contributed by atoms with Crippen molar-refractivity contribution in [3.8, 4) is 0 Å². The van der Waals surface area contributed by atoms with Gasteiger partial charge in [-0.25, -0.2) is 9.78 Å². The number of rotatable bonds is 5. The second-order valence-electron chi connectivity index (χ2n) is 8.03. The molecule has 7 nitrogen and oxygen atoms in total. The van der Waals surface area contributed by atoms with Crippen LogP contribution in [-0.2, 0) is 13.1 Å². The van der Waals surface area contributed by atoms with Crippen LogP contribution in [-0.4, -0.2) is 30.3 Å². The van der Waals surface area contributed by atoms with E-state index in [0.717, 1.165) is 44.3 Å². The van der Waals surface area contributed by atoms with Gasteiger partial charge in [0.1, 0.15) is 11.3 Å². The van der Waals surface area contributed by atoms with Crippen molar-refractivity contribution in [2.75, 3.05) is 0 Å². The first-order valence-corrected chi connectivity index (χ1v) is 9.94. The lowest BCUT2D eigenvalue weighted by Crippen LogP contribution is -2.40. The minimum Gasteiger partial charge on any atom is -0.393 e. The number of nitrogens with one attached hydrogen (secondary N) is 1. The summed E-state index contributed by atoms with van der Waals surface area (Å²) in [6, 6.07) is 0. The van der Waals surface area contributed by atoms with Crippen molar-refractivity contribution in [1.82, 2.24) is 19.1 Å². The predicted octanol–water partition coefficient (Wildman–Crippen LogP) is 1.97. The summed E-state index contributed by atoms with van der Waals surface area (Å²) in [6.07, 6.45) is 5.16. The number of aromatic amines is 1. The molecule has 0 radical (unpaired) electrons. The van der Waals surface area contributed by atoms with Crippen molar-refractivity contribution >= 4 is 11.2 Å². The van der Waals surface area contributed by atoms with Crippen LogP contribution in [0.5, 0.6) is 0 Å². The average Bonchev–Trinajstić information content (AvgIpc) is 3.27. The Morgan fingerprint density at radius 2 is 1.65 bits per heavy atom. The van der Waals surface area contributed by atoms with Crippen LogP contribution in [0, 0.1) is 11.8 Å². The third-order valence-corrected chi connectivity index (χ3v) is 6.15. The van der Waals surface area contributed by atoms with Crippen LogP contribution in [0.2, 0.25) is 0 Å². The molecular formula is C19H28N4O3. The lowest BCUT2D eigenvalue weighted by molar-refractivity contribution is 0.171. The minimum atomic E-state index is -0.258. The summed E-state index contributed by atoms with van der Waals surface area (Å²) in [5, 5.41) is 9.84. The Morgan fingerprint density at radius 1 is 1.04 bits per heavy atom. The summed E-state index contributed by atoms with van der Waals surface area (Å²) in [4.78, 5) is 33.5. The monoisotopic (exact) mass is 360 g/mol. The third kappa shape index (κ3) is 2.73. The number of fused-ring (bicyclic) bond motifs is 2. The highest BCUT2D eigenvalue weighted by molar-refractivity contribution is 5.70. The standard InChI is InChI=1S/C19H28N4O3/c1-3-5-22-17-15(18(25)23(6-4-2)19(22)26)20-16(21-17)13-7-11-9-14(24)10-12(11)8-13/h11-14,24H,3-10H2,1-2H3,(H,20,21)/t11-,12+,13?,14?. The van der Waals surface area contributed by atoms with E-state index < -0.39 is 0 Å². The molecular weight excluding hydrogens is 332 g/mol. The molecule has 2 aliphatic carbocycles. The molecule has 26 heavy (non-hydrogen) atoms. The Bertz CT molecular complexity index is 911. The fraction of sp³-hybridized carbons (Fsp3) is 0.737. The van der Waals surface area contributed by atoms with E-state index in [-0.39, 0.29) is 23.3 Å². The molecule has 0 aliphatic heterocycles. The van der Waals surface area contributed by atoms with Crippen molar-refractivity contribution in [2.24, 2.45) is 11.8 Å². The van der Waals surface area contributed by atoms with Gasteiger partial charge in [-0.2, -0.15) is 0 Å². The van der Waals surface area contributed by atoms with Gasteiger partial charge < -0.3 is 10.1 Å². The van der Waals surface area contributed by atoms with Crippen LogP contribution >= 0.6 is 0 Å². The molecule has 142 valence electrons. The van der Waals surface area contributed by atoms with Crippen molar-refractivity contribution in [3.05, 3.63) is 26.7 Å². The molecule has 2 aliphatic rings. The van der Waals surface area contributed by atoms with Crippen molar-refractivity contribution in [2.45, 2.75) is 77.5 Å². The number of nitrogens with zero attached hydrogens (tertiary/aromatic N) is 3. The molecule has 0 aromatic carbocycles. The fourth-order valence-corrected chi connectivity index (χ4v) is 5.03. The van der Waals surface area contributed by atoms with Crippen LogP contribution in [0.15, 0.2) is 9.59 Å². The van der Waals surface area contributed by atoms with Crippen LogP contribution in [0.4, 0.5) is 0 Å². The van der Waals surface area contributed by atoms with Gasteiger partial charge in [0, 0.05) is 19.0 Å². The summed E-state index contributed by atoms with van der Waals surface area (Å²) >= 11 is 0. The number of hydrogen-bond acceptors (Lipinski definition) is 4. The van der Waals surface area contributed by atoms with Gasteiger partial charge in [-0.3, -0.25) is 13.9 Å². The predicted molar refractivity (Wildman–Crippen MR) is 99.4 cm³/mol. The molecule has 4 rings (SSSR count). The van der Waals surface area contributed by atoms with E-state index in [1.54, 1.807) is 4.57 Å². The molecule has 2 N–H and O–H groups in total. The highest BCUT2D eigenvalue weighted by Crippen LogP contribution is 2.50. The lowest BCUT2D eigenvalue weighted by atomic mass is 10.0. The van der Waals surface area contributed by atoms with E-state index in [9.17, 15) is 14.7 Å². The van der Waals surface area contributed by atoms with Gasteiger partial charge in [-0.1, -0.05) is 13.8 Å². The smallest absolute Gasteiger partial charge is 0.332 e. The number of aromatic nitrogens is 4. The molecule has 2 saturated carbocycles. The molecule has 2 fully saturated rings. The van der Waals surface area contributed by atoms with Gasteiger partial charge in [0.05, 0.1) is 6.10 Å². The summed E-state index contributed by atoms with van der Waals surface area (Å²) < 4.78 is 2.98. The van der Waals surface area contributed by atoms with Crippen molar-refractivity contribution < 1.29 is 5.11 Å². The molecule has 2 unspecified atom stereocenters. The fourth-order valence-electron chi connectivity index (χ4n) is 5.03. The van der Waals surface area contributed by atoms with Gasteiger partial charge in [0.2, 0.25) is 0 Å². The number of aryl methyl sites for hydroxylation is 1. The van der Waals surface area contributed by atoms with E-state index >= 15 is 0 Å².